The van der Waals surface area contributed by atoms with Gasteiger partial charge < -0.3 is 5.32 Å². The highest BCUT2D eigenvalue weighted by molar-refractivity contribution is 5.65. The van der Waals surface area contributed by atoms with E-state index in [4.69, 9.17) is 0 Å². The molecule has 0 saturated heterocycles. The molecule has 1 heterocycles. The first kappa shape index (κ1) is 13.1. The molecule has 2 N–H and O–H groups in total. The minimum absolute atomic E-state index is 0.0803. The Morgan fingerprint density at radius 1 is 1.37 bits per heavy atom. The van der Waals surface area contributed by atoms with Crippen molar-refractivity contribution in [3.8, 4) is 0 Å². The molecule has 1 aromatic heterocycles. The summed E-state index contributed by atoms with van der Waals surface area (Å²) in [6.45, 7) is 5.72. The van der Waals surface area contributed by atoms with Gasteiger partial charge in [0.1, 0.15) is 5.69 Å². The lowest BCUT2D eigenvalue weighted by molar-refractivity contribution is -0.384. The summed E-state index contributed by atoms with van der Waals surface area (Å²) in [5.41, 5.74) is 3.42. The van der Waals surface area contributed by atoms with Crippen LogP contribution in [0.3, 0.4) is 0 Å². The number of hydrogen-bond donors (Lipinski definition) is 2. The van der Waals surface area contributed by atoms with Crippen molar-refractivity contribution in [2.75, 3.05) is 5.32 Å². The van der Waals surface area contributed by atoms with E-state index in [1.165, 1.54) is 0 Å². The van der Waals surface area contributed by atoms with E-state index in [0.29, 0.717) is 5.69 Å². The van der Waals surface area contributed by atoms with Crippen molar-refractivity contribution in [2.24, 2.45) is 0 Å². The van der Waals surface area contributed by atoms with Crippen molar-refractivity contribution in [1.82, 2.24) is 10.2 Å². The average molecular weight is 260 g/mol. The van der Waals surface area contributed by atoms with Crippen molar-refractivity contribution in [1.29, 1.82) is 0 Å². The molecule has 0 spiro atoms. The molecule has 1 atom stereocenters. The van der Waals surface area contributed by atoms with Gasteiger partial charge in [-0.25, -0.2) is 0 Å². The van der Waals surface area contributed by atoms with Crippen molar-refractivity contribution in [3.63, 3.8) is 0 Å². The van der Waals surface area contributed by atoms with Gasteiger partial charge in [-0.3, -0.25) is 15.2 Å². The van der Waals surface area contributed by atoms with Crippen LogP contribution in [0.4, 0.5) is 11.4 Å². The van der Waals surface area contributed by atoms with Gasteiger partial charge in [-0.15, -0.1) is 0 Å². The first-order valence-electron chi connectivity index (χ1n) is 6.00. The van der Waals surface area contributed by atoms with Crippen LogP contribution in [0.1, 0.15) is 29.8 Å². The van der Waals surface area contributed by atoms with Crippen molar-refractivity contribution in [2.45, 2.75) is 26.8 Å². The highest BCUT2D eigenvalue weighted by atomic mass is 16.6. The van der Waals surface area contributed by atoms with Gasteiger partial charge in [-0.2, -0.15) is 5.10 Å². The monoisotopic (exact) mass is 260 g/mol. The Hall–Kier alpha value is -2.37. The van der Waals surface area contributed by atoms with Gasteiger partial charge in [0.25, 0.3) is 5.69 Å². The smallest absolute Gasteiger partial charge is 0.292 e. The molecule has 0 amide bonds. The van der Waals surface area contributed by atoms with E-state index in [0.717, 1.165) is 16.8 Å². The summed E-state index contributed by atoms with van der Waals surface area (Å²) in [6, 6.07) is 5.16. The van der Waals surface area contributed by atoms with Gasteiger partial charge in [0, 0.05) is 12.3 Å². The molecular formula is C13H16N4O2. The molecule has 1 unspecified atom stereocenters. The largest absolute Gasteiger partial charge is 0.371 e. The van der Waals surface area contributed by atoms with E-state index in [1.54, 1.807) is 18.3 Å². The van der Waals surface area contributed by atoms with Gasteiger partial charge in [0.2, 0.25) is 0 Å². The lowest BCUT2D eigenvalue weighted by Crippen LogP contribution is -2.09. The molecule has 6 heteroatoms. The van der Waals surface area contributed by atoms with Gasteiger partial charge in [0.05, 0.1) is 16.7 Å². The number of anilines is 1. The summed E-state index contributed by atoms with van der Waals surface area (Å²) >= 11 is 0. The van der Waals surface area contributed by atoms with Crippen molar-refractivity contribution < 1.29 is 4.92 Å². The molecular weight excluding hydrogens is 244 g/mol. The maximum atomic E-state index is 11.1. The van der Waals surface area contributed by atoms with Gasteiger partial charge in [-0.1, -0.05) is 0 Å². The molecule has 100 valence electrons. The van der Waals surface area contributed by atoms with Crippen LogP contribution in [0.15, 0.2) is 24.4 Å². The third-order valence-electron chi connectivity index (χ3n) is 3.17. The third-order valence-corrected chi connectivity index (χ3v) is 3.17. The number of rotatable bonds is 4. The minimum atomic E-state index is -0.367. The Kier molecular flexibility index (Phi) is 3.50. The summed E-state index contributed by atoms with van der Waals surface area (Å²) in [4.78, 5) is 10.7. The number of aryl methyl sites for hydroxylation is 2. The van der Waals surface area contributed by atoms with Crippen LogP contribution in [-0.2, 0) is 0 Å². The Morgan fingerprint density at radius 2 is 2.05 bits per heavy atom. The van der Waals surface area contributed by atoms with E-state index in [-0.39, 0.29) is 16.7 Å². The number of aromatic nitrogens is 2. The Labute approximate surface area is 111 Å². The minimum Gasteiger partial charge on any atom is -0.371 e. The molecule has 0 radical (unpaired) electrons. The SMILES string of the molecule is Cc1cc(NC(C)c2ccn[nH]2)c([N+](=O)[O-])cc1C. The fourth-order valence-electron chi connectivity index (χ4n) is 1.89. The Bertz CT molecular complexity index is 593. The van der Waals surface area contributed by atoms with E-state index in [2.05, 4.69) is 15.5 Å². The Morgan fingerprint density at radius 3 is 2.63 bits per heavy atom. The van der Waals surface area contributed by atoms with Crippen LogP contribution < -0.4 is 5.32 Å². The number of aromatic amines is 1. The van der Waals surface area contributed by atoms with E-state index < -0.39 is 0 Å². The molecule has 0 saturated carbocycles. The molecule has 6 nitrogen and oxygen atoms in total. The molecule has 2 rings (SSSR count). The summed E-state index contributed by atoms with van der Waals surface area (Å²) in [5, 5.41) is 21.0. The fourth-order valence-corrected chi connectivity index (χ4v) is 1.89. The topological polar surface area (TPSA) is 83.8 Å². The summed E-state index contributed by atoms with van der Waals surface area (Å²) in [6.07, 6.45) is 1.66. The second kappa shape index (κ2) is 5.09. The number of nitro groups is 1. The zero-order valence-corrected chi connectivity index (χ0v) is 11.1. The lowest BCUT2D eigenvalue weighted by Gasteiger charge is -2.15. The van der Waals surface area contributed by atoms with Crippen molar-refractivity contribution in [3.05, 3.63) is 51.3 Å². The number of hydrogen-bond acceptors (Lipinski definition) is 4. The van der Waals surface area contributed by atoms with Crippen LogP contribution in [-0.4, -0.2) is 15.1 Å². The zero-order valence-electron chi connectivity index (χ0n) is 11.1. The van der Waals surface area contributed by atoms with Gasteiger partial charge in [-0.05, 0) is 44.0 Å². The zero-order chi connectivity index (χ0) is 14.0. The number of nitrogens with zero attached hydrogens (tertiary/aromatic N) is 2. The maximum Gasteiger partial charge on any atom is 0.292 e. The van der Waals surface area contributed by atoms with Crippen LogP contribution in [0.5, 0.6) is 0 Å². The van der Waals surface area contributed by atoms with E-state index in [1.807, 2.05) is 26.8 Å². The lowest BCUT2D eigenvalue weighted by atomic mass is 10.1. The second-order valence-corrected chi connectivity index (χ2v) is 4.59. The molecule has 0 aliphatic carbocycles. The molecule has 19 heavy (non-hydrogen) atoms. The fraction of sp³-hybridized carbons (Fsp3) is 0.308. The highest BCUT2D eigenvalue weighted by Gasteiger charge is 2.18. The molecule has 0 aliphatic rings. The van der Waals surface area contributed by atoms with Crippen LogP contribution in [0.2, 0.25) is 0 Å². The van der Waals surface area contributed by atoms with E-state index in [9.17, 15) is 10.1 Å². The Balaban J connectivity index is 2.33. The number of H-pyrrole nitrogens is 1. The third kappa shape index (κ3) is 2.73. The van der Waals surface area contributed by atoms with Gasteiger partial charge in [0.15, 0.2) is 0 Å². The second-order valence-electron chi connectivity index (χ2n) is 4.59. The standard InChI is InChI=1S/C13H16N4O2/c1-8-6-12(13(17(18)19)7-9(8)2)15-10(3)11-4-5-14-16-11/h4-7,10,15H,1-3H3,(H,14,16). The highest BCUT2D eigenvalue weighted by Crippen LogP contribution is 2.30. The number of nitrogens with one attached hydrogen (secondary N) is 2. The predicted molar refractivity (Wildman–Crippen MR) is 73.2 cm³/mol. The summed E-state index contributed by atoms with van der Waals surface area (Å²) in [5.74, 6) is 0. The number of benzene rings is 1. The van der Waals surface area contributed by atoms with Crippen molar-refractivity contribution >= 4 is 11.4 Å². The average Bonchev–Trinajstić information content (AvgIpc) is 2.86. The predicted octanol–water partition coefficient (Wildman–Crippen LogP) is 3.11. The van der Waals surface area contributed by atoms with Crippen LogP contribution >= 0.6 is 0 Å². The number of nitro benzene ring substituents is 1. The molecule has 0 bridgehead atoms. The quantitative estimate of drug-likeness (QED) is 0.653. The first-order chi connectivity index (χ1) is 8.99. The van der Waals surface area contributed by atoms with Gasteiger partial charge >= 0.3 is 0 Å². The van der Waals surface area contributed by atoms with Crippen LogP contribution in [0, 0.1) is 24.0 Å². The molecule has 1 aromatic carbocycles. The molecule has 2 aromatic rings. The van der Waals surface area contributed by atoms with E-state index >= 15 is 0 Å². The maximum absolute atomic E-state index is 11.1. The summed E-state index contributed by atoms with van der Waals surface area (Å²) in [7, 11) is 0. The molecule has 0 aliphatic heterocycles. The first-order valence-corrected chi connectivity index (χ1v) is 6.00. The normalized spacial score (nSPS) is 12.2. The molecule has 0 fully saturated rings. The van der Waals surface area contributed by atoms with Crippen LogP contribution in [0.25, 0.3) is 0 Å². The summed E-state index contributed by atoms with van der Waals surface area (Å²) < 4.78 is 0.